The predicted molar refractivity (Wildman–Crippen MR) is 63.6 cm³/mol. The molecule has 0 atom stereocenters. The van der Waals surface area contributed by atoms with Crippen molar-refractivity contribution in [2.45, 2.75) is 38.9 Å². The molecule has 2 rings (SSSR count). The van der Waals surface area contributed by atoms with E-state index in [0.717, 1.165) is 0 Å². The molecule has 0 saturated carbocycles. The van der Waals surface area contributed by atoms with Crippen LogP contribution in [0.2, 0.25) is 0 Å². The van der Waals surface area contributed by atoms with Crippen LogP contribution in [0.5, 0.6) is 0 Å². The Labute approximate surface area is 106 Å². The largest absolute Gasteiger partial charge is 0.518 e. The Morgan fingerprint density at radius 3 is 2.33 bits per heavy atom. The first kappa shape index (κ1) is 13.1. The summed E-state index contributed by atoms with van der Waals surface area (Å²) in [6, 6.07) is 1.47. The molecule has 1 aromatic heterocycles. The van der Waals surface area contributed by atoms with E-state index in [1.54, 1.807) is 0 Å². The first-order valence-electron chi connectivity index (χ1n) is 5.67. The highest BCUT2D eigenvalue weighted by molar-refractivity contribution is 6.61. The highest BCUT2D eigenvalue weighted by Crippen LogP contribution is 2.36. The fraction of sp³-hybridized carbons (Fsp3) is 0.636. The van der Waals surface area contributed by atoms with E-state index in [2.05, 4.69) is 9.89 Å². The topological polar surface area (TPSA) is 70.8 Å². The molecule has 0 spiro atoms. The summed E-state index contributed by atoms with van der Waals surface area (Å²) >= 11 is 0. The molecule has 0 radical (unpaired) electrons. The van der Waals surface area contributed by atoms with Gasteiger partial charge < -0.3 is 18.6 Å². The Morgan fingerprint density at radius 2 is 1.83 bits per heavy atom. The summed E-state index contributed by atoms with van der Waals surface area (Å²) in [6.07, 6.45) is 0. The fourth-order valence-corrected chi connectivity index (χ4v) is 1.56. The molecule has 0 aromatic carbocycles. The lowest BCUT2D eigenvalue weighted by Crippen LogP contribution is -2.41. The zero-order valence-electron chi connectivity index (χ0n) is 11.1. The maximum atomic E-state index is 11.3. The van der Waals surface area contributed by atoms with Crippen molar-refractivity contribution >= 4 is 18.7 Å². The van der Waals surface area contributed by atoms with Crippen LogP contribution in [0.15, 0.2) is 10.6 Å². The molecule has 0 aliphatic carbocycles. The molecule has 7 heteroatoms. The second kappa shape index (κ2) is 4.10. The lowest BCUT2D eigenvalue weighted by Gasteiger charge is -2.32. The molecular formula is C11H16BNO5. The number of esters is 1. The van der Waals surface area contributed by atoms with Gasteiger partial charge in [0.05, 0.1) is 18.3 Å². The lowest BCUT2D eigenvalue weighted by molar-refractivity contribution is 0.00578. The SMILES string of the molecule is COC(=O)c1cc(B2OC(C)(C)C(C)(C)O2)no1. The molecule has 18 heavy (non-hydrogen) atoms. The predicted octanol–water partition coefficient (Wildman–Crippen LogP) is 0.760. The summed E-state index contributed by atoms with van der Waals surface area (Å²) in [6.45, 7) is 7.76. The molecule has 1 aliphatic rings. The van der Waals surface area contributed by atoms with E-state index in [0.29, 0.717) is 5.59 Å². The van der Waals surface area contributed by atoms with Crippen molar-refractivity contribution in [1.82, 2.24) is 5.16 Å². The van der Waals surface area contributed by atoms with E-state index in [1.165, 1.54) is 13.2 Å². The number of aromatic nitrogens is 1. The molecule has 1 aliphatic heterocycles. The van der Waals surface area contributed by atoms with Gasteiger partial charge in [0.25, 0.3) is 0 Å². The molecule has 1 saturated heterocycles. The fourth-order valence-electron chi connectivity index (χ4n) is 1.56. The minimum absolute atomic E-state index is 0.0298. The van der Waals surface area contributed by atoms with Crippen LogP contribution in [0.3, 0.4) is 0 Å². The Hall–Kier alpha value is -1.34. The summed E-state index contributed by atoms with van der Waals surface area (Å²) in [7, 11) is 0.636. The number of hydrogen-bond donors (Lipinski definition) is 0. The Morgan fingerprint density at radius 1 is 1.28 bits per heavy atom. The van der Waals surface area contributed by atoms with Crippen molar-refractivity contribution in [2.24, 2.45) is 0 Å². The number of nitrogens with zero attached hydrogens (tertiary/aromatic N) is 1. The van der Waals surface area contributed by atoms with E-state index in [-0.39, 0.29) is 5.76 Å². The number of rotatable bonds is 2. The monoisotopic (exact) mass is 253 g/mol. The van der Waals surface area contributed by atoms with Crippen molar-refractivity contribution in [3.05, 3.63) is 11.8 Å². The standard InChI is InChI=1S/C11H16BNO5/c1-10(2)11(3,4)18-12(17-10)8-6-7(16-13-8)9(14)15-5/h6H,1-5H3. The van der Waals surface area contributed by atoms with Crippen molar-refractivity contribution in [2.75, 3.05) is 7.11 Å². The van der Waals surface area contributed by atoms with Gasteiger partial charge in [-0.1, -0.05) is 5.16 Å². The maximum Gasteiger partial charge on any atom is 0.518 e. The van der Waals surface area contributed by atoms with Crippen LogP contribution in [0.4, 0.5) is 0 Å². The summed E-state index contributed by atoms with van der Waals surface area (Å²) in [5, 5.41) is 3.77. The summed E-state index contributed by atoms with van der Waals surface area (Å²) in [5.74, 6) is -0.549. The molecule has 2 heterocycles. The van der Waals surface area contributed by atoms with Gasteiger partial charge in [-0.25, -0.2) is 4.79 Å². The van der Waals surface area contributed by atoms with Gasteiger partial charge in [-0.15, -0.1) is 0 Å². The van der Waals surface area contributed by atoms with Crippen molar-refractivity contribution < 1.29 is 23.4 Å². The van der Waals surface area contributed by atoms with E-state index in [1.807, 2.05) is 27.7 Å². The number of carbonyl (C=O) groups is 1. The first-order valence-corrected chi connectivity index (χ1v) is 5.67. The molecule has 6 nitrogen and oxygen atoms in total. The minimum Gasteiger partial charge on any atom is -0.463 e. The van der Waals surface area contributed by atoms with E-state index in [9.17, 15) is 4.79 Å². The van der Waals surface area contributed by atoms with Gasteiger partial charge in [-0.3, -0.25) is 0 Å². The highest BCUT2D eigenvalue weighted by Gasteiger charge is 2.53. The molecule has 0 bridgehead atoms. The second-order valence-electron chi connectivity index (χ2n) is 5.20. The quantitative estimate of drug-likeness (QED) is 0.572. The second-order valence-corrected chi connectivity index (χ2v) is 5.20. The van der Waals surface area contributed by atoms with Crippen molar-refractivity contribution in [3.63, 3.8) is 0 Å². The summed E-state index contributed by atoms with van der Waals surface area (Å²) < 4.78 is 21.0. The van der Waals surface area contributed by atoms with Crippen LogP contribution in [-0.4, -0.2) is 36.6 Å². The number of methoxy groups -OCH3 is 1. The van der Waals surface area contributed by atoms with Crippen LogP contribution in [0.25, 0.3) is 0 Å². The maximum absolute atomic E-state index is 11.3. The smallest absolute Gasteiger partial charge is 0.463 e. The third-order valence-electron chi connectivity index (χ3n) is 3.41. The molecule has 1 fully saturated rings. The third-order valence-corrected chi connectivity index (χ3v) is 3.41. The van der Waals surface area contributed by atoms with E-state index < -0.39 is 24.3 Å². The zero-order chi connectivity index (χ0) is 13.6. The Bertz CT molecular complexity index is 452. The lowest BCUT2D eigenvalue weighted by atomic mass is 9.85. The molecule has 0 N–H and O–H groups in total. The van der Waals surface area contributed by atoms with E-state index in [4.69, 9.17) is 13.8 Å². The highest BCUT2D eigenvalue weighted by atomic mass is 16.7. The number of hydrogen-bond acceptors (Lipinski definition) is 6. The first-order chi connectivity index (χ1) is 8.27. The van der Waals surface area contributed by atoms with Crippen LogP contribution in [0.1, 0.15) is 38.2 Å². The van der Waals surface area contributed by atoms with Gasteiger partial charge in [0.15, 0.2) is 0 Å². The van der Waals surface area contributed by atoms with Crippen LogP contribution >= 0.6 is 0 Å². The van der Waals surface area contributed by atoms with Gasteiger partial charge in [0.2, 0.25) is 5.76 Å². The zero-order valence-corrected chi connectivity index (χ0v) is 11.1. The van der Waals surface area contributed by atoms with Gasteiger partial charge in [0, 0.05) is 6.07 Å². The van der Waals surface area contributed by atoms with Gasteiger partial charge >= 0.3 is 13.1 Å². The average Bonchev–Trinajstić information content (AvgIpc) is 2.82. The van der Waals surface area contributed by atoms with Crippen LogP contribution in [0, 0.1) is 0 Å². The third kappa shape index (κ3) is 2.04. The molecule has 0 unspecified atom stereocenters. The molecule has 0 amide bonds. The summed E-state index contributed by atoms with van der Waals surface area (Å²) in [4.78, 5) is 11.3. The van der Waals surface area contributed by atoms with Crippen molar-refractivity contribution in [1.29, 1.82) is 0 Å². The molecule has 1 aromatic rings. The van der Waals surface area contributed by atoms with Gasteiger partial charge in [-0.05, 0) is 27.7 Å². The molecule has 98 valence electrons. The average molecular weight is 253 g/mol. The minimum atomic E-state index is -0.642. The normalized spacial score (nSPS) is 21.1. The number of ether oxygens (including phenoxy) is 1. The number of carbonyl (C=O) groups excluding carboxylic acids is 1. The Kier molecular flexibility index (Phi) is 2.99. The van der Waals surface area contributed by atoms with Gasteiger partial charge in [0.1, 0.15) is 5.59 Å². The van der Waals surface area contributed by atoms with Crippen molar-refractivity contribution in [3.8, 4) is 0 Å². The van der Waals surface area contributed by atoms with Crippen LogP contribution in [-0.2, 0) is 14.0 Å². The van der Waals surface area contributed by atoms with E-state index >= 15 is 0 Å². The Balaban J connectivity index is 2.20. The summed E-state index contributed by atoms with van der Waals surface area (Å²) in [5.41, 5.74) is -0.488. The molecular weight excluding hydrogens is 237 g/mol. The van der Waals surface area contributed by atoms with Crippen LogP contribution < -0.4 is 5.59 Å². The van der Waals surface area contributed by atoms with Gasteiger partial charge in [-0.2, -0.15) is 0 Å².